The van der Waals surface area contributed by atoms with E-state index in [4.69, 9.17) is 5.11 Å². The minimum absolute atomic E-state index is 0.00398. The number of carboxylic acid groups (broad SMARTS) is 1. The van der Waals surface area contributed by atoms with E-state index in [0.29, 0.717) is 5.57 Å². The molecule has 0 fully saturated rings. The van der Waals surface area contributed by atoms with E-state index in [9.17, 15) is 13.2 Å². The maximum Gasteiger partial charge on any atom is 0.345 e. The number of carboxylic acids is 1. The standard InChI is InChI=1S/C9H11NO4S2/c1-6(2)5-10-16(13,14)8-4-3-7(15-8)9(11)12/h3-4,10H,1,5H2,2H3,(H,11,12). The normalized spacial score (nSPS) is 11.3. The van der Waals surface area contributed by atoms with Crippen molar-refractivity contribution in [3.05, 3.63) is 29.2 Å². The zero-order valence-electron chi connectivity index (χ0n) is 8.56. The zero-order valence-corrected chi connectivity index (χ0v) is 10.2. The first-order valence-electron chi connectivity index (χ1n) is 4.30. The largest absolute Gasteiger partial charge is 0.477 e. The highest BCUT2D eigenvalue weighted by atomic mass is 32.2. The molecule has 0 bridgehead atoms. The Balaban J connectivity index is 2.90. The monoisotopic (exact) mass is 261 g/mol. The van der Waals surface area contributed by atoms with Gasteiger partial charge in [0.2, 0.25) is 10.0 Å². The third-order valence-electron chi connectivity index (χ3n) is 1.62. The van der Waals surface area contributed by atoms with Crippen molar-refractivity contribution in [2.45, 2.75) is 11.1 Å². The molecule has 0 aliphatic rings. The Hall–Kier alpha value is -1.18. The van der Waals surface area contributed by atoms with Gasteiger partial charge in [0.1, 0.15) is 9.09 Å². The highest BCUT2D eigenvalue weighted by Crippen LogP contribution is 2.21. The number of sulfonamides is 1. The fourth-order valence-corrected chi connectivity index (χ4v) is 3.16. The predicted molar refractivity (Wildman–Crippen MR) is 61.3 cm³/mol. The Bertz CT molecular complexity index is 515. The lowest BCUT2D eigenvalue weighted by molar-refractivity contribution is 0.0702. The summed E-state index contributed by atoms with van der Waals surface area (Å²) in [5.74, 6) is -1.13. The molecule has 16 heavy (non-hydrogen) atoms. The minimum atomic E-state index is -3.62. The van der Waals surface area contributed by atoms with Crippen LogP contribution >= 0.6 is 11.3 Å². The Kier molecular flexibility index (Phi) is 3.84. The maximum absolute atomic E-state index is 11.6. The molecular formula is C9H11NO4S2. The summed E-state index contributed by atoms with van der Waals surface area (Å²) in [7, 11) is -3.62. The highest BCUT2D eigenvalue weighted by Gasteiger charge is 2.18. The number of aromatic carboxylic acids is 1. The SMILES string of the molecule is C=C(C)CNS(=O)(=O)c1ccc(C(=O)O)s1. The average Bonchev–Trinajstić information content (AvgIpc) is 2.64. The number of thiophene rings is 1. The third kappa shape index (κ3) is 3.16. The van der Waals surface area contributed by atoms with E-state index >= 15 is 0 Å². The van der Waals surface area contributed by atoms with Crippen LogP contribution in [0.5, 0.6) is 0 Å². The Morgan fingerprint density at radius 1 is 1.56 bits per heavy atom. The van der Waals surface area contributed by atoms with Crippen LogP contribution in [0.15, 0.2) is 28.5 Å². The lowest BCUT2D eigenvalue weighted by Crippen LogP contribution is -2.24. The second kappa shape index (κ2) is 4.77. The van der Waals surface area contributed by atoms with Gasteiger partial charge in [0.15, 0.2) is 0 Å². The third-order valence-corrected chi connectivity index (χ3v) is 4.59. The fourth-order valence-electron chi connectivity index (χ4n) is 0.869. The van der Waals surface area contributed by atoms with E-state index in [-0.39, 0.29) is 15.6 Å². The van der Waals surface area contributed by atoms with E-state index in [2.05, 4.69) is 11.3 Å². The van der Waals surface area contributed by atoms with Crippen molar-refractivity contribution in [2.24, 2.45) is 0 Å². The molecule has 0 aromatic carbocycles. The van der Waals surface area contributed by atoms with Crippen LogP contribution in [-0.4, -0.2) is 26.0 Å². The van der Waals surface area contributed by atoms with Crippen molar-refractivity contribution in [3.8, 4) is 0 Å². The number of rotatable bonds is 5. The Labute approximate surface area is 97.5 Å². The van der Waals surface area contributed by atoms with Crippen LogP contribution in [-0.2, 0) is 10.0 Å². The summed E-state index contributed by atoms with van der Waals surface area (Å²) in [5.41, 5.74) is 0.679. The van der Waals surface area contributed by atoms with Crippen LogP contribution in [0.4, 0.5) is 0 Å². The van der Waals surface area contributed by atoms with Crippen molar-refractivity contribution in [1.82, 2.24) is 4.72 Å². The number of nitrogens with one attached hydrogen (secondary N) is 1. The van der Waals surface area contributed by atoms with Gasteiger partial charge in [-0.1, -0.05) is 12.2 Å². The molecule has 88 valence electrons. The summed E-state index contributed by atoms with van der Waals surface area (Å²) in [5, 5.41) is 8.66. The molecule has 0 spiro atoms. The van der Waals surface area contributed by atoms with E-state index in [1.54, 1.807) is 6.92 Å². The average molecular weight is 261 g/mol. The molecule has 0 unspecified atom stereocenters. The van der Waals surface area contributed by atoms with Crippen LogP contribution in [0.1, 0.15) is 16.6 Å². The molecule has 0 aliphatic carbocycles. The van der Waals surface area contributed by atoms with Crippen molar-refractivity contribution >= 4 is 27.3 Å². The summed E-state index contributed by atoms with van der Waals surface area (Å²) in [4.78, 5) is 10.6. The van der Waals surface area contributed by atoms with E-state index in [1.165, 1.54) is 12.1 Å². The van der Waals surface area contributed by atoms with Crippen LogP contribution in [0.2, 0.25) is 0 Å². The molecular weight excluding hydrogens is 250 g/mol. The summed E-state index contributed by atoms with van der Waals surface area (Å²) < 4.78 is 25.6. The van der Waals surface area contributed by atoms with Gasteiger partial charge in [0.25, 0.3) is 0 Å². The molecule has 1 aromatic heterocycles. The highest BCUT2D eigenvalue weighted by molar-refractivity contribution is 7.91. The van der Waals surface area contributed by atoms with Gasteiger partial charge in [-0.05, 0) is 19.1 Å². The Morgan fingerprint density at radius 2 is 2.19 bits per heavy atom. The molecule has 0 amide bonds. The molecule has 2 N–H and O–H groups in total. The Morgan fingerprint density at radius 3 is 2.62 bits per heavy atom. The molecule has 0 radical (unpaired) electrons. The number of hydrogen-bond donors (Lipinski definition) is 2. The van der Waals surface area contributed by atoms with Gasteiger partial charge in [0, 0.05) is 6.54 Å². The molecule has 1 rings (SSSR count). The maximum atomic E-state index is 11.6. The quantitative estimate of drug-likeness (QED) is 0.783. The van der Waals surface area contributed by atoms with E-state index in [0.717, 1.165) is 11.3 Å². The van der Waals surface area contributed by atoms with Gasteiger partial charge < -0.3 is 5.11 Å². The van der Waals surface area contributed by atoms with Crippen molar-refractivity contribution in [1.29, 1.82) is 0 Å². The van der Waals surface area contributed by atoms with E-state index in [1.807, 2.05) is 0 Å². The number of carbonyl (C=O) groups is 1. The summed E-state index contributed by atoms with van der Waals surface area (Å²) >= 11 is 0.720. The predicted octanol–water partition coefficient (Wildman–Crippen LogP) is 1.30. The molecule has 0 aliphatic heterocycles. The van der Waals surface area contributed by atoms with E-state index < -0.39 is 16.0 Å². The van der Waals surface area contributed by atoms with Gasteiger partial charge in [0.05, 0.1) is 0 Å². The first kappa shape index (κ1) is 12.9. The topological polar surface area (TPSA) is 83.5 Å². The van der Waals surface area contributed by atoms with Crippen molar-refractivity contribution in [3.63, 3.8) is 0 Å². The molecule has 0 saturated carbocycles. The lowest BCUT2D eigenvalue weighted by atomic mass is 10.4. The molecule has 0 atom stereocenters. The number of hydrogen-bond acceptors (Lipinski definition) is 4. The van der Waals surface area contributed by atoms with Gasteiger partial charge in [-0.25, -0.2) is 17.9 Å². The van der Waals surface area contributed by atoms with Gasteiger partial charge in [-0.2, -0.15) is 0 Å². The molecule has 0 saturated heterocycles. The summed E-state index contributed by atoms with van der Waals surface area (Å²) in [6.07, 6.45) is 0. The zero-order chi connectivity index (χ0) is 12.3. The van der Waals surface area contributed by atoms with Crippen LogP contribution in [0.25, 0.3) is 0 Å². The van der Waals surface area contributed by atoms with Crippen molar-refractivity contribution < 1.29 is 18.3 Å². The van der Waals surface area contributed by atoms with Crippen LogP contribution in [0, 0.1) is 0 Å². The summed E-state index contributed by atoms with van der Waals surface area (Å²) in [6.45, 7) is 5.40. The second-order valence-electron chi connectivity index (χ2n) is 3.21. The molecule has 1 aromatic rings. The first-order chi connectivity index (χ1) is 7.33. The summed E-state index contributed by atoms with van der Waals surface area (Å²) in [6, 6.07) is 2.54. The smallest absolute Gasteiger partial charge is 0.345 e. The van der Waals surface area contributed by atoms with Gasteiger partial charge in [-0.15, -0.1) is 11.3 Å². The second-order valence-corrected chi connectivity index (χ2v) is 6.28. The molecule has 1 heterocycles. The minimum Gasteiger partial charge on any atom is -0.477 e. The fraction of sp³-hybridized carbons (Fsp3) is 0.222. The lowest BCUT2D eigenvalue weighted by Gasteiger charge is -2.03. The molecule has 5 nitrogen and oxygen atoms in total. The van der Waals surface area contributed by atoms with Crippen molar-refractivity contribution in [2.75, 3.05) is 6.54 Å². The molecule has 7 heteroatoms. The van der Waals surface area contributed by atoms with Gasteiger partial charge >= 0.3 is 5.97 Å². The first-order valence-corrected chi connectivity index (χ1v) is 6.60. The van der Waals surface area contributed by atoms with Crippen LogP contribution < -0.4 is 4.72 Å². The van der Waals surface area contributed by atoms with Gasteiger partial charge in [-0.3, -0.25) is 0 Å². The van der Waals surface area contributed by atoms with Crippen LogP contribution in [0.3, 0.4) is 0 Å².